The average Bonchev–Trinajstić information content (AvgIpc) is 1.99. The van der Waals surface area contributed by atoms with Crippen LogP contribution in [0.5, 0.6) is 0 Å². The van der Waals surface area contributed by atoms with Crippen LogP contribution in [0.15, 0.2) is 0 Å². The Morgan fingerprint density at radius 2 is 1.64 bits per heavy atom. The van der Waals surface area contributed by atoms with Crippen LogP contribution in [-0.2, 0) is 0 Å². The molecule has 0 aromatic carbocycles. The largest absolute Gasteiger partial charge is 0.392 e. The lowest BCUT2D eigenvalue weighted by molar-refractivity contribution is 0.0804. The van der Waals surface area contributed by atoms with Gasteiger partial charge < -0.3 is 10.0 Å². The second-order valence-electron chi connectivity index (χ2n) is 3.30. The zero-order valence-corrected chi connectivity index (χ0v) is 8.17. The third-order valence-electron chi connectivity index (χ3n) is 2.11. The molecule has 2 heteroatoms. The van der Waals surface area contributed by atoms with Gasteiger partial charge in [0.1, 0.15) is 0 Å². The van der Waals surface area contributed by atoms with E-state index in [2.05, 4.69) is 18.7 Å². The van der Waals surface area contributed by atoms with Crippen molar-refractivity contribution in [3.8, 4) is 0 Å². The van der Waals surface area contributed by atoms with Crippen molar-refractivity contribution in [1.82, 2.24) is 4.90 Å². The Balaban J connectivity index is 3.62. The topological polar surface area (TPSA) is 23.5 Å². The number of hydrogen-bond donors (Lipinski definition) is 1. The number of aliphatic hydroxyl groups excluding tert-OH is 1. The quantitative estimate of drug-likeness (QED) is 0.654. The van der Waals surface area contributed by atoms with E-state index in [1.54, 1.807) is 0 Å². The van der Waals surface area contributed by atoms with Crippen molar-refractivity contribution < 1.29 is 5.11 Å². The lowest BCUT2D eigenvalue weighted by Gasteiger charge is -2.23. The molecular formula is C9H21NO. The van der Waals surface area contributed by atoms with Gasteiger partial charge in [0.05, 0.1) is 6.10 Å². The molecule has 0 aromatic rings. The van der Waals surface area contributed by atoms with Crippen molar-refractivity contribution in [2.75, 3.05) is 19.6 Å². The number of rotatable bonds is 5. The molecule has 0 spiro atoms. The van der Waals surface area contributed by atoms with Gasteiger partial charge in [-0.15, -0.1) is 0 Å². The van der Waals surface area contributed by atoms with Crippen LogP contribution in [-0.4, -0.2) is 35.7 Å². The molecular weight excluding hydrogens is 138 g/mol. The molecule has 1 atom stereocenters. The maximum atomic E-state index is 9.52. The van der Waals surface area contributed by atoms with Crippen LogP contribution in [0.25, 0.3) is 0 Å². The van der Waals surface area contributed by atoms with Crippen molar-refractivity contribution in [2.45, 2.75) is 33.8 Å². The molecule has 0 heterocycles. The summed E-state index contributed by atoms with van der Waals surface area (Å²) in [6.07, 6.45) is -0.171. The number of aliphatic hydroxyl groups is 1. The first-order valence-corrected chi connectivity index (χ1v) is 4.52. The summed E-state index contributed by atoms with van der Waals surface area (Å²) in [6.45, 7) is 11.2. The highest BCUT2D eigenvalue weighted by atomic mass is 16.3. The van der Waals surface area contributed by atoms with Gasteiger partial charge in [-0.25, -0.2) is 0 Å². The van der Waals surface area contributed by atoms with Crippen molar-refractivity contribution in [3.63, 3.8) is 0 Å². The van der Waals surface area contributed by atoms with E-state index >= 15 is 0 Å². The summed E-state index contributed by atoms with van der Waals surface area (Å²) in [7, 11) is 0. The molecule has 0 saturated heterocycles. The zero-order valence-electron chi connectivity index (χ0n) is 8.17. The Labute approximate surface area is 70.2 Å². The first-order chi connectivity index (χ1) is 5.11. The smallest absolute Gasteiger partial charge is 0.0689 e. The highest BCUT2D eigenvalue weighted by Crippen LogP contribution is 2.02. The van der Waals surface area contributed by atoms with Gasteiger partial charge in [-0.3, -0.25) is 0 Å². The molecule has 11 heavy (non-hydrogen) atoms. The number of nitrogens with zero attached hydrogens (tertiary/aromatic N) is 1. The average molecular weight is 159 g/mol. The molecule has 1 unspecified atom stereocenters. The summed E-state index contributed by atoms with van der Waals surface area (Å²) < 4.78 is 0. The first kappa shape index (κ1) is 10.9. The zero-order chi connectivity index (χ0) is 8.85. The summed E-state index contributed by atoms with van der Waals surface area (Å²) >= 11 is 0. The van der Waals surface area contributed by atoms with E-state index in [-0.39, 0.29) is 6.10 Å². The molecule has 0 aliphatic rings. The Bertz CT molecular complexity index is 89.6. The third-order valence-corrected chi connectivity index (χ3v) is 2.11. The van der Waals surface area contributed by atoms with Crippen molar-refractivity contribution in [2.24, 2.45) is 5.92 Å². The molecule has 0 fully saturated rings. The molecule has 68 valence electrons. The summed E-state index contributed by atoms with van der Waals surface area (Å²) in [4.78, 5) is 2.24. The van der Waals surface area contributed by atoms with Gasteiger partial charge in [-0.2, -0.15) is 0 Å². The Hall–Kier alpha value is -0.0800. The Morgan fingerprint density at radius 3 is 1.91 bits per heavy atom. The molecule has 0 bridgehead atoms. The minimum atomic E-state index is -0.171. The SMILES string of the molecule is CCN(CC)CC(O)C(C)C. The molecule has 0 aliphatic heterocycles. The van der Waals surface area contributed by atoms with E-state index in [4.69, 9.17) is 0 Å². The third kappa shape index (κ3) is 4.38. The van der Waals surface area contributed by atoms with Crippen molar-refractivity contribution in [1.29, 1.82) is 0 Å². The van der Waals surface area contributed by atoms with Crippen LogP contribution in [0.4, 0.5) is 0 Å². The van der Waals surface area contributed by atoms with Crippen LogP contribution >= 0.6 is 0 Å². The maximum absolute atomic E-state index is 9.52. The maximum Gasteiger partial charge on any atom is 0.0689 e. The van der Waals surface area contributed by atoms with Gasteiger partial charge in [-0.1, -0.05) is 27.7 Å². The van der Waals surface area contributed by atoms with E-state index in [9.17, 15) is 5.11 Å². The van der Waals surface area contributed by atoms with E-state index in [1.165, 1.54) is 0 Å². The normalized spacial score (nSPS) is 14.5. The van der Waals surface area contributed by atoms with E-state index in [0.29, 0.717) is 5.92 Å². The fourth-order valence-electron chi connectivity index (χ4n) is 0.957. The van der Waals surface area contributed by atoms with Gasteiger partial charge in [0, 0.05) is 6.54 Å². The van der Waals surface area contributed by atoms with Gasteiger partial charge in [0.25, 0.3) is 0 Å². The fourth-order valence-corrected chi connectivity index (χ4v) is 0.957. The molecule has 0 amide bonds. The van der Waals surface area contributed by atoms with Gasteiger partial charge in [0.2, 0.25) is 0 Å². The lowest BCUT2D eigenvalue weighted by atomic mass is 10.1. The van der Waals surface area contributed by atoms with Crippen LogP contribution < -0.4 is 0 Å². The van der Waals surface area contributed by atoms with Crippen LogP contribution in [0.1, 0.15) is 27.7 Å². The van der Waals surface area contributed by atoms with Gasteiger partial charge >= 0.3 is 0 Å². The monoisotopic (exact) mass is 159 g/mol. The van der Waals surface area contributed by atoms with Crippen molar-refractivity contribution >= 4 is 0 Å². The minimum absolute atomic E-state index is 0.171. The molecule has 0 aliphatic carbocycles. The Morgan fingerprint density at radius 1 is 1.18 bits per heavy atom. The molecule has 2 nitrogen and oxygen atoms in total. The second-order valence-corrected chi connectivity index (χ2v) is 3.30. The summed E-state index contributed by atoms with van der Waals surface area (Å²) in [5.74, 6) is 0.371. The Kier molecular flexibility index (Phi) is 5.51. The molecule has 0 rings (SSSR count). The van der Waals surface area contributed by atoms with E-state index in [1.807, 2.05) is 13.8 Å². The van der Waals surface area contributed by atoms with Crippen molar-refractivity contribution in [3.05, 3.63) is 0 Å². The number of likely N-dealkylation sites (N-methyl/N-ethyl adjacent to an activating group) is 1. The molecule has 1 N–H and O–H groups in total. The highest BCUT2D eigenvalue weighted by Gasteiger charge is 2.11. The lowest BCUT2D eigenvalue weighted by Crippen LogP contribution is -2.34. The first-order valence-electron chi connectivity index (χ1n) is 4.52. The standard InChI is InChI=1S/C9H21NO/c1-5-10(6-2)7-9(11)8(3)4/h8-9,11H,5-7H2,1-4H3. The predicted molar refractivity (Wildman–Crippen MR) is 48.6 cm³/mol. The van der Waals surface area contributed by atoms with E-state index in [0.717, 1.165) is 19.6 Å². The fraction of sp³-hybridized carbons (Fsp3) is 1.00. The molecule has 0 aromatic heterocycles. The molecule has 0 saturated carbocycles. The summed E-state index contributed by atoms with van der Waals surface area (Å²) in [6, 6.07) is 0. The van der Waals surface area contributed by atoms with E-state index < -0.39 is 0 Å². The van der Waals surface area contributed by atoms with Crippen LogP contribution in [0.3, 0.4) is 0 Å². The van der Waals surface area contributed by atoms with Crippen LogP contribution in [0, 0.1) is 5.92 Å². The summed E-state index contributed by atoms with van der Waals surface area (Å²) in [5, 5.41) is 9.52. The van der Waals surface area contributed by atoms with Crippen LogP contribution in [0.2, 0.25) is 0 Å². The van der Waals surface area contributed by atoms with Gasteiger partial charge in [-0.05, 0) is 19.0 Å². The van der Waals surface area contributed by atoms with Gasteiger partial charge in [0.15, 0.2) is 0 Å². The highest BCUT2D eigenvalue weighted by molar-refractivity contribution is 4.64. The molecule has 0 radical (unpaired) electrons. The minimum Gasteiger partial charge on any atom is -0.392 e. The second kappa shape index (κ2) is 5.56. The number of hydrogen-bond acceptors (Lipinski definition) is 2. The summed E-state index contributed by atoms with van der Waals surface area (Å²) in [5.41, 5.74) is 0. The predicted octanol–water partition coefficient (Wildman–Crippen LogP) is 1.35.